The summed E-state index contributed by atoms with van der Waals surface area (Å²) >= 11 is 9.33. The van der Waals surface area contributed by atoms with Crippen LogP contribution in [-0.2, 0) is 12.8 Å². The average molecular weight is 652 g/mol. The summed E-state index contributed by atoms with van der Waals surface area (Å²) in [5.74, 6) is 6.73. The Morgan fingerprint density at radius 2 is 1.31 bits per heavy atom. The third kappa shape index (κ3) is 3.35. The smallest absolute Gasteiger partial charge is 0.122 e. The van der Waals surface area contributed by atoms with Gasteiger partial charge in [-0.1, -0.05) is 72.5 Å². The number of fused-ring (bicyclic) bond motifs is 7. The average Bonchev–Trinajstić information content (AvgIpc) is 3.64. The molecule has 0 aliphatic heterocycles. The predicted octanol–water partition coefficient (Wildman–Crippen LogP) is 9.03. The molecule has 4 nitrogen and oxygen atoms in total. The molecule has 3 aromatic heterocycles. The minimum atomic E-state index is 0.665. The molecule has 0 fully saturated rings. The first-order valence-corrected chi connectivity index (χ1v) is 15.2. The Morgan fingerprint density at radius 3 is 2.00 bits per heavy atom. The van der Waals surface area contributed by atoms with E-state index in [0.717, 1.165) is 56.1 Å². The third-order valence-electron chi connectivity index (χ3n) is 7.74. The van der Waals surface area contributed by atoms with Crippen LogP contribution in [0.25, 0.3) is 56.4 Å². The van der Waals surface area contributed by atoms with Gasteiger partial charge in [-0.3, -0.25) is 0 Å². The van der Waals surface area contributed by atoms with E-state index >= 15 is 0 Å². The maximum Gasteiger partial charge on any atom is 0.122 e. The van der Waals surface area contributed by atoms with Crippen LogP contribution in [0, 0.1) is 11.8 Å². The van der Waals surface area contributed by atoms with Crippen LogP contribution in [0.15, 0.2) is 69.6 Å². The molecule has 0 amide bonds. The van der Waals surface area contributed by atoms with Gasteiger partial charge in [0.25, 0.3) is 0 Å². The van der Waals surface area contributed by atoms with Gasteiger partial charge in [0.1, 0.15) is 11.0 Å². The van der Waals surface area contributed by atoms with Crippen LogP contribution < -0.4 is 0 Å². The van der Waals surface area contributed by atoms with E-state index in [1.165, 1.54) is 50.5 Å². The molecule has 7 heteroatoms. The van der Waals surface area contributed by atoms with Crippen molar-refractivity contribution in [2.24, 2.45) is 0 Å². The molecule has 0 spiro atoms. The largest absolute Gasteiger partial charge is 0.310 e. The zero-order chi connectivity index (χ0) is 26.1. The summed E-state index contributed by atoms with van der Waals surface area (Å²) in [7, 11) is 0. The van der Waals surface area contributed by atoms with Crippen LogP contribution in [0.3, 0.4) is 0 Å². The molecule has 2 aliphatic carbocycles. The summed E-state index contributed by atoms with van der Waals surface area (Å²) in [4.78, 5) is 0. The van der Waals surface area contributed by atoms with Crippen molar-refractivity contribution in [3.8, 4) is 23.2 Å². The molecule has 3 heterocycles. The van der Waals surface area contributed by atoms with Gasteiger partial charge in [-0.05, 0) is 56.8 Å². The molecular formula is C32H20Br2N4S. The topological polar surface area (TPSA) is 35.6 Å². The molecule has 8 rings (SSSR count). The highest BCUT2D eigenvalue weighted by Crippen LogP contribution is 2.47. The molecule has 2 aliphatic rings. The first kappa shape index (κ1) is 23.4. The lowest BCUT2D eigenvalue weighted by Crippen LogP contribution is -2.11. The Morgan fingerprint density at radius 1 is 0.718 bits per heavy atom. The maximum atomic E-state index is 4.73. The van der Waals surface area contributed by atoms with Crippen LogP contribution in [0.1, 0.15) is 35.4 Å². The monoisotopic (exact) mass is 650 g/mol. The van der Waals surface area contributed by atoms with Crippen molar-refractivity contribution in [1.82, 2.24) is 17.9 Å². The summed E-state index contributed by atoms with van der Waals surface area (Å²) in [6, 6.07) is 17.4. The second-order valence-electron chi connectivity index (χ2n) is 9.79. The molecule has 0 N–H and O–H groups in total. The number of allylic oxidation sites excluding steroid dienone is 2. The van der Waals surface area contributed by atoms with E-state index < -0.39 is 0 Å². The van der Waals surface area contributed by atoms with E-state index in [1.807, 2.05) is 0 Å². The van der Waals surface area contributed by atoms with E-state index in [9.17, 15) is 0 Å². The molecule has 0 bridgehead atoms. The van der Waals surface area contributed by atoms with Gasteiger partial charge in [0.2, 0.25) is 0 Å². The Balaban J connectivity index is 1.60. The fraction of sp³-hybridized carbons (Fsp3) is 0.125. The highest BCUT2D eigenvalue weighted by atomic mass is 79.9. The quantitative estimate of drug-likeness (QED) is 0.175. The van der Waals surface area contributed by atoms with Gasteiger partial charge in [-0.25, -0.2) is 0 Å². The Bertz CT molecular complexity index is 2110. The van der Waals surface area contributed by atoms with E-state index in [-0.39, 0.29) is 0 Å². The standard InChI is InChI=1S/C32H20Br2N4S/c33-27-29-30(36-39-35-29)28(34)32(38-25-17-9-6-13-21(25)22-14-7-10-18-26(22)38)31(27)37-23-15-4-2-1-3-11-19(23)20-12-5-8-16-24(20)37/h3,5-9,11-14,16-17H,1,10,15,18H2/b11-3-. The van der Waals surface area contributed by atoms with Gasteiger partial charge in [0, 0.05) is 39.7 Å². The number of benzene rings is 3. The lowest BCUT2D eigenvalue weighted by Gasteiger charge is -2.22. The van der Waals surface area contributed by atoms with Gasteiger partial charge in [-0.2, -0.15) is 8.75 Å². The van der Waals surface area contributed by atoms with Gasteiger partial charge >= 0.3 is 0 Å². The van der Waals surface area contributed by atoms with Crippen molar-refractivity contribution < 1.29 is 0 Å². The minimum absolute atomic E-state index is 0.665. The minimum Gasteiger partial charge on any atom is -0.310 e. The van der Waals surface area contributed by atoms with E-state index in [2.05, 4.69) is 126 Å². The highest BCUT2D eigenvalue weighted by molar-refractivity contribution is 9.11. The van der Waals surface area contributed by atoms with Crippen molar-refractivity contribution >= 4 is 88.6 Å². The zero-order valence-corrected chi connectivity index (χ0v) is 24.7. The molecule has 0 atom stereocenters. The van der Waals surface area contributed by atoms with Crippen LogP contribution in [0.5, 0.6) is 0 Å². The second kappa shape index (κ2) is 9.06. The summed E-state index contributed by atoms with van der Waals surface area (Å²) < 4.78 is 16.2. The SMILES string of the molecule is Brc1c(-n2c3c(c4ccccc42)C=CCC3)c(-n2c3c(c4ccccc42)/C=C\CC#CC3)c(Br)c2nsnc12. The third-order valence-corrected chi connectivity index (χ3v) is 9.77. The summed E-state index contributed by atoms with van der Waals surface area (Å²) in [5, 5.41) is 2.48. The zero-order valence-electron chi connectivity index (χ0n) is 20.7. The van der Waals surface area contributed by atoms with Gasteiger partial charge < -0.3 is 9.13 Å². The van der Waals surface area contributed by atoms with Crippen molar-refractivity contribution in [1.29, 1.82) is 0 Å². The number of hydrogen-bond donors (Lipinski definition) is 0. The lowest BCUT2D eigenvalue weighted by molar-refractivity contribution is 0.876. The number of aromatic nitrogens is 4. The predicted molar refractivity (Wildman–Crippen MR) is 169 cm³/mol. The Labute approximate surface area is 246 Å². The lowest BCUT2D eigenvalue weighted by atomic mass is 10.0. The number of rotatable bonds is 2. The molecule has 0 unspecified atom stereocenters. The van der Waals surface area contributed by atoms with Gasteiger partial charge in [-0.15, -0.1) is 0 Å². The molecule has 0 radical (unpaired) electrons. The molecule has 39 heavy (non-hydrogen) atoms. The summed E-state index contributed by atoms with van der Waals surface area (Å²) in [5.41, 5.74) is 11.2. The molecular weight excluding hydrogens is 632 g/mol. The van der Waals surface area contributed by atoms with E-state index in [0.29, 0.717) is 6.42 Å². The number of hydrogen-bond acceptors (Lipinski definition) is 3. The fourth-order valence-corrected chi connectivity index (χ4v) is 8.21. The molecule has 188 valence electrons. The molecule has 3 aromatic carbocycles. The van der Waals surface area contributed by atoms with Crippen LogP contribution in [-0.4, -0.2) is 17.9 Å². The Kier molecular flexibility index (Phi) is 5.44. The number of para-hydroxylation sites is 2. The maximum absolute atomic E-state index is 4.73. The van der Waals surface area contributed by atoms with Gasteiger partial charge in [0.05, 0.1) is 49.5 Å². The number of nitrogens with zero attached hydrogens (tertiary/aromatic N) is 4. The summed E-state index contributed by atoms with van der Waals surface area (Å²) in [6.45, 7) is 0. The first-order valence-electron chi connectivity index (χ1n) is 12.9. The van der Waals surface area contributed by atoms with Gasteiger partial charge in [0.15, 0.2) is 0 Å². The second-order valence-corrected chi connectivity index (χ2v) is 11.9. The van der Waals surface area contributed by atoms with Crippen molar-refractivity contribution in [2.75, 3.05) is 0 Å². The van der Waals surface area contributed by atoms with E-state index in [4.69, 9.17) is 8.75 Å². The van der Waals surface area contributed by atoms with Crippen molar-refractivity contribution in [2.45, 2.75) is 25.7 Å². The van der Waals surface area contributed by atoms with Crippen molar-refractivity contribution in [3.05, 3.63) is 92.1 Å². The fourth-order valence-electron chi connectivity index (χ4n) is 6.13. The van der Waals surface area contributed by atoms with Crippen molar-refractivity contribution in [3.63, 3.8) is 0 Å². The molecule has 0 saturated carbocycles. The summed E-state index contributed by atoms with van der Waals surface area (Å²) in [6.07, 6.45) is 12.4. The molecule has 6 aromatic rings. The van der Waals surface area contributed by atoms with Crippen LogP contribution in [0.2, 0.25) is 0 Å². The Hall–Kier alpha value is -3.44. The van der Waals surface area contributed by atoms with Crippen LogP contribution >= 0.6 is 43.6 Å². The van der Waals surface area contributed by atoms with E-state index in [1.54, 1.807) is 0 Å². The molecule has 0 saturated heterocycles. The highest BCUT2D eigenvalue weighted by Gasteiger charge is 2.29. The number of halogens is 2. The normalized spacial score (nSPS) is 15.1. The first-order chi connectivity index (χ1) is 19.2. The van der Waals surface area contributed by atoms with Crippen LogP contribution in [0.4, 0.5) is 0 Å².